The number of esters is 1. The molecule has 5 nitrogen and oxygen atoms in total. The van der Waals surface area contributed by atoms with Crippen LogP contribution in [0.3, 0.4) is 0 Å². The van der Waals surface area contributed by atoms with Crippen molar-refractivity contribution in [2.75, 3.05) is 24.6 Å². The number of piperidine rings is 1. The molecule has 2 aromatic carbocycles. The molecule has 0 unspecified atom stereocenters. The second-order valence-corrected chi connectivity index (χ2v) is 9.25. The van der Waals surface area contributed by atoms with E-state index < -0.39 is 0 Å². The van der Waals surface area contributed by atoms with Gasteiger partial charge >= 0.3 is 5.97 Å². The number of para-hydroxylation sites is 1. The monoisotopic (exact) mass is 460 g/mol. The Morgan fingerprint density at radius 2 is 1.56 bits per heavy atom. The van der Waals surface area contributed by atoms with Gasteiger partial charge in [-0.05, 0) is 81.2 Å². The highest BCUT2D eigenvalue weighted by Crippen LogP contribution is 2.34. The summed E-state index contributed by atoms with van der Waals surface area (Å²) < 4.78 is 5.05. The molecule has 1 saturated heterocycles. The lowest BCUT2D eigenvalue weighted by atomic mass is 9.90. The maximum Gasteiger partial charge on any atom is 0.338 e. The number of allylic oxidation sites excluding steroid dienone is 1. The third kappa shape index (κ3) is 6.07. The maximum absolute atomic E-state index is 13.2. The highest BCUT2D eigenvalue weighted by Gasteiger charge is 2.21. The number of hydrogen-bond donors (Lipinski definition) is 1. The van der Waals surface area contributed by atoms with E-state index in [2.05, 4.69) is 34.5 Å². The fourth-order valence-corrected chi connectivity index (χ4v) is 5.01. The smallest absolute Gasteiger partial charge is 0.338 e. The van der Waals surface area contributed by atoms with Gasteiger partial charge in [0.15, 0.2) is 0 Å². The molecular weight excluding hydrogens is 424 g/mol. The van der Waals surface area contributed by atoms with Crippen LogP contribution in [0, 0.1) is 0 Å². The predicted molar refractivity (Wildman–Crippen MR) is 137 cm³/mol. The number of carbonyl (C=O) groups excluding carboxylic acids is 2. The normalized spacial score (nSPS) is 16.1. The SMILES string of the molecule is CCOC(=O)c1ccc(CC(=O)NC(=C2CCCCC2)c2ccccc2N2CCCCC2)cc1. The van der Waals surface area contributed by atoms with Crippen molar-refractivity contribution >= 4 is 23.3 Å². The van der Waals surface area contributed by atoms with Gasteiger partial charge in [-0.2, -0.15) is 0 Å². The highest BCUT2D eigenvalue weighted by molar-refractivity contribution is 5.92. The topological polar surface area (TPSA) is 58.6 Å². The van der Waals surface area contributed by atoms with Gasteiger partial charge in [0.2, 0.25) is 5.91 Å². The van der Waals surface area contributed by atoms with Crippen LogP contribution in [0.4, 0.5) is 5.69 Å². The Labute approximate surface area is 203 Å². The molecule has 1 saturated carbocycles. The molecule has 0 radical (unpaired) electrons. The standard InChI is InChI=1S/C29H36N2O3/c1-2-34-29(33)24-17-15-22(16-18-24)21-27(32)30-28(23-11-5-3-6-12-23)25-13-7-8-14-26(25)31-19-9-4-10-20-31/h7-8,13-18H,2-6,9-12,19-21H2,1H3,(H,30,32). The first-order valence-electron chi connectivity index (χ1n) is 12.8. The summed E-state index contributed by atoms with van der Waals surface area (Å²) in [6.07, 6.45) is 9.68. The number of benzene rings is 2. The largest absolute Gasteiger partial charge is 0.462 e. The Kier molecular flexibility index (Phi) is 8.40. The van der Waals surface area contributed by atoms with Gasteiger partial charge in [0.1, 0.15) is 0 Å². The molecule has 0 spiro atoms. The number of hydrogen-bond acceptors (Lipinski definition) is 4. The molecule has 2 fully saturated rings. The molecule has 1 N–H and O–H groups in total. The molecule has 1 aliphatic carbocycles. The molecule has 1 heterocycles. The minimum absolute atomic E-state index is 0.0228. The Balaban J connectivity index is 1.55. The van der Waals surface area contributed by atoms with Gasteiger partial charge < -0.3 is 15.0 Å². The van der Waals surface area contributed by atoms with E-state index in [0.29, 0.717) is 12.2 Å². The van der Waals surface area contributed by atoms with E-state index >= 15 is 0 Å². The molecule has 0 atom stereocenters. The van der Waals surface area contributed by atoms with Crippen molar-refractivity contribution in [2.45, 2.75) is 64.7 Å². The lowest BCUT2D eigenvalue weighted by Crippen LogP contribution is -2.32. The summed E-state index contributed by atoms with van der Waals surface area (Å²) in [7, 11) is 0. The van der Waals surface area contributed by atoms with Crippen molar-refractivity contribution in [3.05, 3.63) is 70.8 Å². The zero-order chi connectivity index (χ0) is 23.8. The third-order valence-corrected chi connectivity index (χ3v) is 6.77. The molecule has 1 aliphatic heterocycles. The van der Waals surface area contributed by atoms with Crippen molar-refractivity contribution in [1.29, 1.82) is 0 Å². The van der Waals surface area contributed by atoms with Crippen LogP contribution in [0.25, 0.3) is 5.70 Å². The lowest BCUT2D eigenvalue weighted by Gasteiger charge is -2.32. The fourth-order valence-electron chi connectivity index (χ4n) is 5.01. The summed E-state index contributed by atoms with van der Waals surface area (Å²) in [5.74, 6) is -0.359. The summed E-state index contributed by atoms with van der Waals surface area (Å²) in [6, 6.07) is 15.7. The minimum atomic E-state index is -0.336. The molecule has 0 aromatic heterocycles. The fraction of sp³-hybridized carbons (Fsp3) is 0.448. The van der Waals surface area contributed by atoms with E-state index in [0.717, 1.165) is 42.8 Å². The average molecular weight is 461 g/mol. The van der Waals surface area contributed by atoms with Crippen LogP contribution in [0.5, 0.6) is 0 Å². The number of anilines is 1. The summed E-state index contributed by atoms with van der Waals surface area (Å²) >= 11 is 0. The van der Waals surface area contributed by atoms with Crippen molar-refractivity contribution in [1.82, 2.24) is 5.32 Å². The summed E-state index contributed by atoms with van der Waals surface area (Å²) in [6.45, 7) is 4.28. The Morgan fingerprint density at radius 3 is 2.26 bits per heavy atom. The average Bonchev–Trinajstić information content (AvgIpc) is 2.89. The van der Waals surface area contributed by atoms with Crippen LogP contribution in [0.1, 0.15) is 79.8 Å². The molecule has 4 rings (SSSR count). The van der Waals surface area contributed by atoms with Crippen molar-refractivity contribution in [3.8, 4) is 0 Å². The van der Waals surface area contributed by atoms with Gasteiger partial charge in [0.05, 0.1) is 18.6 Å². The second kappa shape index (κ2) is 11.9. The number of carbonyl (C=O) groups is 2. The maximum atomic E-state index is 13.2. The first-order valence-corrected chi connectivity index (χ1v) is 12.8. The second-order valence-electron chi connectivity index (χ2n) is 9.25. The predicted octanol–water partition coefficient (Wildman–Crippen LogP) is 5.89. The minimum Gasteiger partial charge on any atom is -0.462 e. The third-order valence-electron chi connectivity index (χ3n) is 6.77. The summed E-state index contributed by atoms with van der Waals surface area (Å²) in [5.41, 5.74) is 6.13. The lowest BCUT2D eigenvalue weighted by molar-refractivity contribution is -0.119. The van der Waals surface area contributed by atoms with Crippen LogP contribution in [0.15, 0.2) is 54.1 Å². The zero-order valence-corrected chi connectivity index (χ0v) is 20.3. The van der Waals surface area contributed by atoms with Crippen LogP contribution in [-0.4, -0.2) is 31.6 Å². The first kappa shape index (κ1) is 24.1. The van der Waals surface area contributed by atoms with Gasteiger partial charge in [0.25, 0.3) is 0 Å². The molecular formula is C29H36N2O3. The van der Waals surface area contributed by atoms with E-state index in [1.807, 2.05) is 12.1 Å². The van der Waals surface area contributed by atoms with Crippen LogP contribution in [0.2, 0.25) is 0 Å². The quantitative estimate of drug-likeness (QED) is 0.524. The number of nitrogens with one attached hydrogen (secondary N) is 1. The number of rotatable bonds is 7. The summed E-state index contributed by atoms with van der Waals surface area (Å²) in [5, 5.41) is 3.31. The molecule has 0 bridgehead atoms. The van der Waals surface area contributed by atoms with Gasteiger partial charge in [-0.25, -0.2) is 4.79 Å². The molecule has 180 valence electrons. The Bertz CT molecular complexity index is 1010. The molecule has 2 aliphatic rings. The van der Waals surface area contributed by atoms with E-state index in [9.17, 15) is 9.59 Å². The van der Waals surface area contributed by atoms with Crippen LogP contribution < -0.4 is 10.2 Å². The molecule has 2 aromatic rings. The van der Waals surface area contributed by atoms with Crippen LogP contribution in [-0.2, 0) is 16.0 Å². The first-order chi connectivity index (χ1) is 16.7. The van der Waals surface area contributed by atoms with Crippen molar-refractivity contribution in [3.63, 3.8) is 0 Å². The Hall–Kier alpha value is -3.08. The van der Waals surface area contributed by atoms with E-state index in [1.165, 1.54) is 49.8 Å². The highest BCUT2D eigenvalue weighted by atomic mass is 16.5. The number of ether oxygens (including phenoxy) is 1. The summed E-state index contributed by atoms with van der Waals surface area (Å²) in [4.78, 5) is 27.6. The van der Waals surface area contributed by atoms with Crippen molar-refractivity contribution < 1.29 is 14.3 Å². The van der Waals surface area contributed by atoms with E-state index in [-0.39, 0.29) is 18.3 Å². The van der Waals surface area contributed by atoms with Crippen molar-refractivity contribution in [2.24, 2.45) is 0 Å². The van der Waals surface area contributed by atoms with Gasteiger partial charge in [0, 0.05) is 30.0 Å². The zero-order valence-electron chi connectivity index (χ0n) is 20.3. The number of nitrogens with zero attached hydrogens (tertiary/aromatic N) is 1. The number of amides is 1. The van der Waals surface area contributed by atoms with E-state index in [4.69, 9.17) is 4.74 Å². The van der Waals surface area contributed by atoms with E-state index in [1.54, 1.807) is 19.1 Å². The van der Waals surface area contributed by atoms with Gasteiger partial charge in [-0.3, -0.25) is 4.79 Å². The Morgan fingerprint density at radius 1 is 0.882 bits per heavy atom. The van der Waals surface area contributed by atoms with Gasteiger partial charge in [-0.15, -0.1) is 0 Å². The molecule has 5 heteroatoms. The molecule has 34 heavy (non-hydrogen) atoms. The molecule has 1 amide bonds. The van der Waals surface area contributed by atoms with Crippen LogP contribution >= 0.6 is 0 Å². The van der Waals surface area contributed by atoms with Gasteiger partial charge in [-0.1, -0.05) is 36.8 Å².